The van der Waals surface area contributed by atoms with Gasteiger partial charge in [-0.15, -0.1) is 0 Å². The third-order valence-corrected chi connectivity index (χ3v) is 4.40. The van der Waals surface area contributed by atoms with Crippen molar-refractivity contribution in [1.82, 2.24) is 10.1 Å². The quantitative estimate of drug-likeness (QED) is 0.411. The molecular formula is C23H14FN3O2. The fraction of sp³-hybridized carbons (Fsp3) is 0. The number of halogens is 1. The van der Waals surface area contributed by atoms with E-state index in [4.69, 9.17) is 8.94 Å². The Labute approximate surface area is 164 Å². The highest BCUT2D eigenvalue weighted by Gasteiger charge is 2.15. The molecule has 0 N–H and O–H groups in total. The number of hydrogen-bond donors (Lipinski definition) is 0. The van der Waals surface area contributed by atoms with Gasteiger partial charge < -0.3 is 8.94 Å². The average Bonchev–Trinajstić information content (AvgIpc) is 3.26. The lowest BCUT2D eigenvalue weighted by molar-refractivity contribution is 0.428. The van der Waals surface area contributed by atoms with E-state index in [0.29, 0.717) is 34.1 Å². The first-order chi connectivity index (χ1) is 14.3. The van der Waals surface area contributed by atoms with E-state index >= 15 is 0 Å². The molecule has 0 aliphatic carbocycles. The maximum atomic E-state index is 13.2. The Bertz CT molecular complexity index is 1360. The van der Waals surface area contributed by atoms with Crippen LogP contribution in [0.1, 0.15) is 0 Å². The zero-order chi connectivity index (χ0) is 19.6. The first-order valence-electron chi connectivity index (χ1n) is 8.99. The number of fused-ring (bicyclic) bond motifs is 1. The third-order valence-electron chi connectivity index (χ3n) is 4.40. The van der Waals surface area contributed by atoms with Gasteiger partial charge in [0.05, 0.1) is 5.69 Å². The van der Waals surface area contributed by atoms with E-state index in [2.05, 4.69) is 15.1 Å². The number of benzene rings is 3. The largest absolute Gasteiger partial charge is 0.438 e. The maximum Gasteiger partial charge on any atom is 0.263 e. The van der Waals surface area contributed by atoms with E-state index in [0.717, 1.165) is 10.9 Å². The standard InChI is InChI=1S/C23H14FN3O2/c24-17-10-12-18(13-11-17)25-22-19(14-16-8-4-5-9-20(16)28-22)23-26-21(27-29-23)15-6-2-1-3-7-15/h1-14H. The van der Waals surface area contributed by atoms with Crippen molar-refractivity contribution in [3.05, 3.63) is 96.3 Å². The molecule has 0 saturated heterocycles. The van der Waals surface area contributed by atoms with Crippen LogP contribution in [0, 0.1) is 5.82 Å². The summed E-state index contributed by atoms with van der Waals surface area (Å²) in [5, 5.41) is 4.96. The molecule has 29 heavy (non-hydrogen) atoms. The Balaban J connectivity index is 1.70. The normalized spacial score (nSPS) is 11.8. The summed E-state index contributed by atoms with van der Waals surface area (Å²) in [4.78, 5) is 9.05. The monoisotopic (exact) mass is 383 g/mol. The minimum atomic E-state index is -0.330. The van der Waals surface area contributed by atoms with Gasteiger partial charge in [0.1, 0.15) is 17.0 Å². The molecule has 0 aliphatic heterocycles. The summed E-state index contributed by atoms with van der Waals surface area (Å²) in [5.74, 6) is 0.435. The van der Waals surface area contributed by atoms with Gasteiger partial charge >= 0.3 is 0 Å². The van der Waals surface area contributed by atoms with Crippen molar-refractivity contribution in [2.45, 2.75) is 0 Å². The highest BCUT2D eigenvalue weighted by molar-refractivity contribution is 5.80. The highest BCUT2D eigenvalue weighted by Crippen LogP contribution is 2.24. The fourth-order valence-electron chi connectivity index (χ4n) is 2.98. The van der Waals surface area contributed by atoms with Crippen molar-refractivity contribution < 1.29 is 13.3 Å². The molecule has 0 fully saturated rings. The average molecular weight is 383 g/mol. The molecule has 5 aromatic rings. The van der Waals surface area contributed by atoms with Crippen LogP contribution < -0.4 is 5.55 Å². The van der Waals surface area contributed by atoms with Gasteiger partial charge in [-0.1, -0.05) is 53.7 Å². The minimum Gasteiger partial charge on any atom is -0.438 e. The van der Waals surface area contributed by atoms with E-state index in [1.54, 1.807) is 12.1 Å². The topological polar surface area (TPSA) is 64.4 Å². The molecule has 3 aromatic carbocycles. The van der Waals surface area contributed by atoms with Gasteiger partial charge in [0.25, 0.3) is 5.89 Å². The van der Waals surface area contributed by atoms with E-state index in [9.17, 15) is 4.39 Å². The van der Waals surface area contributed by atoms with Crippen molar-refractivity contribution in [1.29, 1.82) is 0 Å². The zero-order valence-electron chi connectivity index (χ0n) is 15.1. The molecule has 0 unspecified atom stereocenters. The Kier molecular flexibility index (Phi) is 4.22. The lowest BCUT2D eigenvalue weighted by Gasteiger charge is -2.01. The zero-order valence-corrected chi connectivity index (χ0v) is 15.1. The van der Waals surface area contributed by atoms with Gasteiger partial charge in [0.15, 0.2) is 0 Å². The Hall–Kier alpha value is -4.06. The summed E-state index contributed by atoms with van der Waals surface area (Å²) in [6, 6.07) is 24.9. The van der Waals surface area contributed by atoms with Gasteiger partial charge in [-0.25, -0.2) is 9.38 Å². The molecule has 2 aromatic heterocycles. The smallest absolute Gasteiger partial charge is 0.263 e. The lowest BCUT2D eigenvalue weighted by Crippen LogP contribution is -2.05. The summed E-state index contributed by atoms with van der Waals surface area (Å²) >= 11 is 0. The van der Waals surface area contributed by atoms with Crippen molar-refractivity contribution >= 4 is 16.7 Å². The van der Waals surface area contributed by atoms with Crippen LogP contribution in [0.3, 0.4) is 0 Å². The second-order valence-corrected chi connectivity index (χ2v) is 6.38. The molecule has 0 saturated carbocycles. The van der Waals surface area contributed by atoms with Crippen molar-refractivity contribution in [2.75, 3.05) is 0 Å². The number of hydrogen-bond acceptors (Lipinski definition) is 5. The predicted octanol–water partition coefficient (Wildman–Crippen LogP) is 5.52. The third kappa shape index (κ3) is 3.43. The maximum absolute atomic E-state index is 13.2. The van der Waals surface area contributed by atoms with Crippen LogP contribution in [0.5, 0.6) is 0 Å². The number of aromatic nitrogens is 2. The number of rotatable bonds is 3. The minimum absolute atomic E-state index is 0.291. The molecule has 6 heteroatoms. The van der Waals surface area contributed by atoms with E-state index in [1.807, 2.05) is 60.7 Å². The number of nitrogens with zero attached hydrogens (tertiary/aromatic N) is 3. The lowest BCUT2D eigenvalue weighted by atomic mass is 10.2. The SMILES string of the molecule is Fc1ccc(N=c2oc3ccccc3cc2-c2nc(-c3ccccc3)no2)cc1. The summed E-state index contributed by atoms with van der Waals surface area (Å²) in [6.07, 6.45) is 0. The van der Waals surface area contributed by atoms with Crippen molar-refractivity contribution in [3.8, 4) is 22.8 Å². The first-order valence-corrected chi connectivity index (χ1v) is 8.99. The summed E-state index contributed by atoms with van der Waals surface area (Å²) in [7, 11) is 0. The predicted molar refractivity (Wildman–Crippen MR) is 107 cm³/mol. The first kappa shape index (κ1) is 17.1. The Morgan fingerprint density at radius 3 is 2.41 bits per heavy atom. The molecule has 2 heterocycles. The molecule has 5 rings (SSSR count). The Morgan fingerprint density at radius 2 is 1.59 bits per heavy atom. The Morgan fingerprint density at radius 1 is 0.828 bits per heavy atom. The summed E-state index contributed by atoms with van der Waals surface area (Å²) < 4.78 is 24.8. The highest BCUT2D eigenvalue weighted by atomic mass is 19.1. The van der Waals surface area contributed by atoms with Crippen LogP contribution in [0.15, 0.2) is 98.9 Å². The molecule has 0 atom stereocenters. The summed E-state index contributed by atoms with van der Waals surface area (Å²) in [6.45, 7) is 0. The van der Waals surface area contributed by atoms with E-state index < -0.39 is 0 Å². The molecular weight excluding hydrogens is 369 g/mol. The van der Waals surface area contributed by atoms with E-state index in [-0.39, 0.29) is 5.82 Å². The summed E-state index contributed by atoms with van der Waals surface area (Å²) in [5.41, 5.74) is 2.92. The van der Waals surface area contributed by atoms with Gasteiger partial charge in [-0.05, 0) is 36.4 Å². The van der Waals surface area contributed by atoms with Crippen LogP contribution >= 0.6 is 0 Å². The number of para-hydroxylation sites is 1. The molecule has 0 amide bonds. The molecule has 140 valence electrons. The van der Waals surface area contributed by atoms with Gasteiger partial charge in [0, 0.05) is 10.9 Å². The van der Waals surface area contributed by atoms with Crippen LogP contribution in [-0.2, 0) is 0 Å². The van der Waals surface area contributed by atoms with Gasteiger partial charge in [-0.3, -0.25) is 0 Å². The fourth-order valence-corrected chi connectivity index (χ4v) is 2.98. The van der Waals surface area contributed by atoms with Crippen LogP contribution in [-0.4, -0.2) is 10.1 Å². The van der Waals surface area contributed by atoms with E-state index in [1.165, 1.54) is 12.1 Å². The molecule has 0 bridgehead atoms. The molecule has 5 nitrogen and oxygen atoms in total. The second kappa shape index (κ2) is 7.16. The van der Waals surface area contributed by atoms with Crippen molar-refractivity contribution in [2.24, 2.45) is 4.99 Å². The van der Waals surface area contributed by atoms with Crippen LogP contribution in [0.2, 0.25) is 0 Å². The van der Waals surface area contributed by atoms with Gasteiger partial charge in [-0.2, -0.15) is 4.98 Å². The molecule has 0 aliphatic rings. The second-order valence-electron chi connectivity index (χ2n) is 6.38. The van der Waals surface area contributed by atoms with Crippen molar-refractivity contribution in [3.63, 3.8) is 0 Å². The molecule has 0 radical (unpaired) electrons. The molecule has 0 spiro atoms. The van der Waals surface area contributed by atoms with Crippen LogP contribution in [0.25, 0.3) is 33.8 Å². The van der Waals surface area contributed by atoms with Crippen LogP contribution in [0.4, 0.5) is 10.1 Å². The van der Waals surface area contributed by atoms with Gasteiger partial charge in [0.2, 0.25) is 11.4 Å².